The summed E-state index contributed by atoms with van der Waals surface area (Å²) in [5, 5.41) is 6.47. The molecule has 88 valence electrons. The van der Waals surface area contributed by atoms with Crippen LogP contribution in [0.2, 0.25) is 0 Å². The highest BCUT2D eigenvalue weighted by Gasteiger charge is 2.08. The van der Waals surface area contributed by atoms with Gasteiger partial charge in [0, 0.05) is 12.1 Å². The van der Waals surface area contributed by atoms with Crippen LogP contribution < -0.4 is 5.32 Å². The molecule has 1 rings (SSSR count). The molecular formula is C11H16FN3O. The number of nitrogens with zero attached hydrogens (tertiary/aromatic N) is 2. The molecule has 0 saturated carbocycles. The fourth-order valence-corrected chi connectivity index (χ4v) is 1.11. The van der Waals surface area contributed by atoms with E-state index in [0.717, 1.165) is 6.20 Å². The van der Waals surface area contributed by atoms with Crippen LogP contribution >= 0.6 is 0 Å². The molecule has 0 radical (unpaired) electrons. The number of amides is 1. The predicted octanol–water partition coefficient (Wildman–Crippen LogP) is 1.35. The molecule has 1 amide bonds. The molecule has 0 saturated heterocycles. The van der Waals surface area contributed by atoms with Gasteiger partial charge in [-0.3, -0.25) is 9.48 Å². The third-order valence-corrected chi connectivity index (χ3v) is 1.95. The average Bonchev–Trinajstić information content (AvgIpc) is 2.60. The Morgan fingerprint density at radius 3 is 2.88 bits per heavy atom. The molecule has 4 nitrogen and oxygen atoms in total. The largest absolute Gasteiger partial charge is 0.352 e. The normalized spacial score (nSPS) is 10.5. The lowest BCUT2D eigenvalue weighted by atomic mass is 10.2. The molecular weight excluding hydrogens is 209 g/mol. The zero-order chi connectivity index (χ0) is 12.1. The van der Waals surface area contributed by atoms with E-state index < -0.39 is 5.82 Å². The molecule has 1 heterocycles. The second kappa shape index (κ2) is 5.44. The maximum atomic E-state index is 12.6. The van der Waals surface area contributed by atoms with Crippen molar-refractivity contribution in [2.45, 2.75) is 20.4 Å². The second-order valence-corrected chi connectivity index (χ2v) is 4.06. The van der Waals surface area contributed by atoms with Crippen molar-refractivity contribution in [1.82, 2.24) is 15.1 Å². The van der Waals surface area contributed by atoms with Gasteiger partial charge < -0.3 is 5.32 Å². The van der Waals surface area contributed by atoms with E-state index in [9.17, 15) is 9.18 Å². The van der Waals surface area contributed by atoms with Gasteiger partial charge in [0.15, 0.2) is 5.82 Å². The smallest absolute Gasteiger partial charge is 0.248 e. The Labute approximate surface area is 94.1 Å². The van der Waals surface area contributed by atoms with Crippen LogP contribution in [0, 0.1) is 11.7 Å². The number of rotatable bonds is 5. The van der Waals surface area contributed by atoms with E-state index in [1.807, 2.05) is 13.8 Å². The summed E-state index contributed by atoms with van der Waals surface area (Å²) in [4.78, 5) is 11.5. The molecule has 0 aliphatic rings. The van der Waals surface area contributed by atoms with Gasteiger partial charge in [0.1, 0.15) is 0 Å². The van der Waals surface area contributed by atoms with Crippen molar-refractivity contribution < 1.29 is 9.18 Å². The molecule has 0 atom stereocenters. The Bertz CT molecular complexity index is 384. The summed E-state index contributed by atoms with van der Waals surface area (Å²) in [5.41, 5.74) is 0.365. The number of carbonyl (C=O) groups is 1. The van der Waals surface area contributed by atoms with Crippen molar-refractivity contribution in [3.05, 3.63) is 30.4 Å². The summed E-state index contributed by atoms with van der Waals surface area (Å²) in [7, 11) is 0. The molecule has 16 heavy (non-hydrogen) atoms. The minimum absolute atomic E-state index is 0.202. The first-order valence-corrected chi connectivity index (χ1v) is 5.13. The molecule has 0 aliphatic carbocycles. The summed E-state index contributed by atoms with van der Waals surface area (Å²) in [5.74, 6) is -0.251. The van der Waals surface area contributed by atoms with E-state index in [1.165, 1.54) is 10.9 Å². The number of aromatic nitrogens is 2. The van der Waals surface area contributed by atoms with Crippen LogP contribution in [0.25, 0.3) is 0 Å². The van der Waals surface area contributed by atoms with E-state index in [0.29, 0.717) is 18.0 Å². The topological polar surface area (TPSA) is 46.9 Å². The molecule has 0 bridgehead atoms. The van der Waals surface area contributed by atoms with E-state index >= 15 is 0 Å². The lowest BCUT2D eigenvalue weighted by Gasteiger charge is -2.09. The summed E-state index contributed by atoms with van der Waals surface area (Å²) in [6, 6.07) is 0. The zero-order valence-electron chi connectivity index (χ0n) is 9.53. The van der Waals surface area contributed by atoms with Crippen LogP contribution in [-0.4, -0.2) is 22.2 Å². The van der Waals surface area contributed by atoms with Gasteiger partial charge in [-0.05, 0) is 5.92 Å². The summed E-state index contributed by atoms with van der Waals surface area (Å²) >= 11 is 0. The highest BCUT2D eigenvalue weighted by Crippen LogP contribution is 2.00. The molecule has 0 unspecified atom stereocenters. The molecule has 1 aromatic heterocycles. The van der Waals surface area contributed by atoms with Gasteiger partial charge >= 0.3 is 0 Å². The first-order valence-electron chi connectivity index (χ1n) is 5.13. The number of halogens is 1. The maximum Gasteiger partial charge on any atom is 0.248 e. The van der Waals surface area contributed by atoms with Gasteiger partial charge in [-0.25, -0.2) is 4.39 Å². The maximum absolute atomic E-state index is 12.6. The van der Waals surface area contributed by atoms with Crippen molar-refractivity contribution in [1.29, 1.82) is 0 Å². The Morgan fingerprint density at radius 2 is 2.38 bits per heavy atom. The number of hydrogen-bond donors (Lipinski definition) is 1. The zero-order valence-corrected chi connectivity index (χ0v) is 9.53. The quantitative estimate of drug-likeness (QED) is 0.769. The van der Waals surface area contributed by atoms with Crippen molar-refractivity contribution in [3.8, 4) is 0 Å². The Morgan fingerprint density at radius 1 is 1.69 bits per heavy atom. The Balaban J connectivity index is 2.43. The number of carbonyl (C=O) groups excluding carboxylic acids is 1. The monoisotopic (exact) mass is 225 g/mol. The summed E-state index contributed by atoms with van der Waals surface area (Å²) in [6.07, 6.45) is 2.32. The third-order valence-electron chi connectivity index (χ3n) is 1.95. The van der Waals surface area contributed by atoms with Crippen LogP contribution in [0.15, 0.2) is 24.5 Å². The molecule has 0 aliphatic heterocycles. The lowest BCUT2D eigenvalue weighted by molar-refractivity contribution is -0.117. The van der Waals surface area contributed by atoms with Gasteiger partial charge in [-0.1, -0.05) is 20.4 Å². The first-order chi connectivity index (χ1) is 7.49. The van der Waals surface area contributed by atoms with Crippen LogP contribution in [0.1, 0.15) is 13.8 Å². The van der Waals surface area contributed by atoms with Gasteiger partial charge in [0.05, 0.1) is 18.9 Å². The van der Waals surface area contributed by atoms with Crippen LogP contribution in [0.5, 0.6) is 0 Å². The lowest BCUT2D eigenvalue weighted by Crippen LogP contribution is -2.29. The SMILES string of the molecule is C=C(Cn1cc(F)cn1)C(=O)NCC(C)C. The van der Waals surface area contributed by atoms with Crippen LogP contribution in [-0.2, 0) is 11.3 Å². The van der Waals surface area contributed by atoms with E-state index in [-0.39, 0.29) is 12.5 Å². The highest BCUT2D eigenvalue weighted by atomic mass is 19.1. The van der Waals surface area contributed by atoms with E-state index in [1.54, 1.807) is 0 Å². The Hall–Kier alpha value is -1.65. The van der Waals surface area contributed by atoms with Crippen molar-refractivity contribution >= 4 is 5.91 Å². The van der Waals surface area contributed by atoms with Crippen molar-refractivity contribution in [2.75, 3.05) is 6.54 Å². The molecule has 1 aromatic rings. The second-order valence-electron chi connectivity index (χ2n) is 4.06. The fraction of sp³-hybridized carbons (Fsp3) is 0.455. The fourth-order valence-electron chi connectivity index (χ4n) is 1.11. The molecule has 0 aromatic carbocycles. The van der Waals surface area contributed by atoms with Gasteiger partial charge in [-0.2, -0.15) is 5.10 Å². The minimum Gasteiger partial charge on any atom is -0.352 e. The van der Waals surface area contributed by atoms with E-state index in [4.69, 9.17) is 0 Å². The molecule has 0 spiro atoms. The minimum atomic E-state index is -0.421. The third kappa shape index (κ3) is 3.84. The summed E-state index contributed by atoms with van der Waals surface area (Å²) < 4.78 is 14.0. The number of hydrogen-bond acceptors (Lipinski definition) is 2. The predicted molar refractivity (Wildman–Crippen MR) is 59.2 cm³/mol. The van der Waals surface area contributed by atoms with Crippen LogP contribution in [0.3, 0.4) is 0 Å². The van der Waals surface area contributed by atoms with Crippen LogP contribution in [0.4, 0.5) is 4.39 Å². The molecule has 5 heteroatoms. The van der Waals surface area contributed by atoms with Crippen molar-refractivity contribution in [2.24, 2.45) is 5.92 Å². The average molecular weight is 225 g/mol. The molecule has 1 N–H and O–H groups in total. The van der Waals surface area contributed by atoms with E-state index in [2.05, 4.69) is 17.0 Å². The van der Waals surface area contributed by atoms with Gasteiger partial charge in [0.25, 0.3) is 0 Å². The Kier molecular flexibility index (Phi) is 4.22. The highest BCUT2D eigenvalue weighted by molar-refractivity contribution is 5.92. The first kappa shape index (κ1) is 12.4. The van der Waals surface area contributed by atoms with Gasteiger partial charge in [-0.15, -0.1) is 0 Å². The summed E-state index contributed by atoms with van der Waals surface area (Å²) in [6.45, 7) is 8.46. The molecule has 0 fully saturated rings. The van der Waals surface area contributed by atoms with Crippen molar-refractivity contribution in [3.63, 3.8) is 0 Å². The number of nitrogens with one attached hydrogen (secondary N) is 1. The van der Waals surface area contributed by atoms with Gasteiger partial charge in [0.2, 0.25) is 5.91 Å². The standard InChI is InChI=1S/C11H16FN3O/c1-8(2)4-13-11(16)9(3)6-15-7-10(12)5-14-15/h5,7-8H,3-4,6H2,1-2H3,(H,13,16).